The van der Waals surface area contributed by atoms with Gasteiger partial charge in [0.1, 0.15) is 6.29 Å². The third-order valence-electron chi connectivity index (χ3n) is 4.75. The molecular formula is C21H21N5O2. The fourth-order valence-electron chi connectivity index (χ4n) is 3.33. The summed E-state index contributed by atoms with van der Waals surface area (Å²) in [6.07, 6.45) is 2.71. The average Bonchev–Trinajstić information content (AvgIpc) is 3.14. The molecule has 0 aliphatic heterocycles. The van der Waals surface area contributed by atoms with E-state index in [1.807, 2.05) is 12.1 Å². The van der Waals surface area contributed by atoms with Crippen molar-refractivity contribution in [2.75, 3.05) is 17.7 Å². The molecule has 0 saturated heterocycles. The number of hydrogen-bond acceptors (Lipinski definition) is 7. The second-order valence-corrected chi connectivity index (χ2v) is 6.70. The average molecular weight is 375 g/mol. The van der Waals surface area contributed by atoms with Gasteiger partial charge < -0.3 is 15.4 Å². The minimum absolute atomic E-state index is 0.244. The number of rotatable bonds is 7. The van der Waals surface area contributed by atoms with Gasteiger partial charge in [-0.3, -0.25) is 4.79 Å². The van der Waals surface area contributed by atoms with Crippen LogP contribution in [0.2, 0.25) is 0 Å². The van der Waals surface area contributed by atoms with E-state index in [-0.39, 0.29) is 12.1 Å². The van der Waals surface area contributed by atoms with Gasteiger partial charge in [0.05, 0.1) is 7.11 Å². The molecular weight excluding hydrogens is 354 g/mol. The van der Waals surface area contributed by atoms with E-state index < -0.39 is 0 Å². The normalized spacial score (nSPS) is 13.0. The Labute approximate surface area is 163 Å². The molecule has 1 aromatic heterocycles. The Morgan fingerprint density at radius 3 is 2.32 bits per heavy atom. The van der Waals surface area contributed by atoms with Crippen LogP contribution >= 0.6 is 0 Å². The van der Waals surface area contributed by atoms with Crippen LogP contribution in [0.15, 0.2) is 48.5 Å². The van der Waals surface area contributed by atoms with Crippen molar-refractivity contribution in [1.82, 2.24) is 15.0 Å². The predicted octanol–water partition coefficient (Wildman–Crippen LogP) is 2.88. The minimum atomic E-state index is 0.244. The molecule has 2 N–H and O–H groups in total. The molecule has 1 heterocycles. The standard InChI is InChI=1S/C21H21N5O2/c1-28-21-25-19(22-12-14-6-8-15(13-27)9-7-14)24-20(26-21)23-18-10-16-4-2-3-5-17(16)11-18/h2-9,13,18H,10-12H2,1H3,(H2,22,23,24,25,26). The van der Waals surface area contributed by atoms with E-state index in [1.165, 1.54) is 18.2 Å². The van der Waals surface area contributed by atoms with Gasteiger partial charge >= 0.3 is 6.01 Å². The molecule has 142 valence electrons. The summed E-state index contributed by atoms with van der Waals surface area (Å²) in [4.78, 5) is 23.8. The first-order valence-corrected chi connectivity index (χ1v) is 9.15. The summed E-state index contributed by atoms with van der Waals surface area (Å²) in [6.45, 7) is 0.528. The number of methoxy groups -OCH3 is 1. The van der Waals surface area contributed by atoms with Crippen LogP contribution in [0.5, 0.6) is 6.01 Å². The highest BCUT2D eigenvalue weighted by molar-refractivity contribution is 5.74. The minimum Gasteiger partial charge on any atom is -0.467 e. The maximum absolute atomic E-state index is 10.8. The van der Waals surface area contributed by atoms with Gasteiger partial charge in [-0.25, -0.2) is 0 Å². The Kier molecular flexibility index (Phi) is 5.14. The Morgan fingerprint density at radius 2 is 1.68 bits per heavy atom. The van der Waals surface area contributed by atoms with Gasteiger partial charge in [0.2, 0.25) is 11.9 Å². The number of carbonyl (C=O) groups excluding carboxylic acids is 1. The number of nitrogens with one attached hydrogen (secondary N) is 2. The number of aromatic nitrogens is 3. The Hall–Kier alpha value is -3.48. The van der Waals surface area contributed by atoms with Crippen molar-refractivity contribution < 1.29 is 9.53 Å². The van der Waals surface area contributed by atoms with Crippen molar-refractivity contribution in [3.63, 3.8) is 0 Å². The highest BCUT2D eigenvalue weighted by atomic mass is 16.5. The molecule has 3 aromatic rings. The molecule has 4 rings (SSSR count). The number of fused-ring (bicyclic) bond motifs is 1. The van der Waals surface area contributed by atoms with Gasteiger partial charge in [0.15, 0.2) is 0 Å². The molecule has 0 saturated carbocycles. The first-order chi connectivity index (χ1) is 13.7. The van der Waals surface area contributed by atoms with Crippen LogP contribution in [0.25, 0.3) is 0 Å². The van der Waals surface area contributed by atoms with Crippen LogP contribution in [-0.4, -0.2) is 34.4 Å². The molecule has 7 heteroatoms. The zero-order chi connectivity index (χ0) is 19.3. The maximum Gasteiger partial charge on any atom is 0.322 e. The molecule has 7 nitrogen and oxygen atoms in total. The van der Waals surface area contributed by atoms with E-state index in [2.05, 4.69) is 49.9 Å². The molecule has 0 fully saturated rings. The second-order valence-electron chi connectivity index (χ2n) is 6.70. The van der Waals surface area contributed by atoms with Crippen LogP contribution in [-0.2, 0) is 19.4 Å². The zero-order valence-electron chi connectivity index (χ0n) is 15.6. The van der Waals surface area contributed by atoms with Crippen molar-refractivity contribution in [2.24, 2.45) is 0 Å². The number of benzene rings is 2. The fourth-order valence-corrected chi connectivity index (χ4v) is 3.33. The summed E-state index contributed by atoms with van der Waals surface area (Å²) < 4.78 is 5.22. The molecule has 0 bridgehead atoms. The molecule has 0 unspecified atom stereocenters. The van der Waals surface area contributed by atoms with Gasteiger partial charge in [-0.15, -0.1) is 0 Å². The lowest BCUT2D eigenvalue weighted by molar-refractivity contribution is 0.112. The number of aldehydes is 1. The topological polar surface area (TPSA) is 89.0 Å². The van der Waals surface area contributed by atoms with Gasteiger partial charge in [-0.1, -0.05) is 48.5 Å². The van der Waals surface area contributed by atoms with Gasteiger partial charge in [0.25, 0.3) is 0 Å². The highest BCUT2D eigenvalue weighted by Gasteiger charge is 2.22. The summed E-state index contributed by atoms with van der Waals surface area (Å²) in [5.74, 6) is 0.924. The van der Waals surface area contributed by atoms with Gasteiger partial charge in [-0.05, 0) is 29.5 Å². The quantitative estimate of drug-likeness (QED) is 0.614. The van der Waals surface area contributed by atoms with E-state index >= 15 is 0 Å². The summed E-state index contributed by atoms with van der Waals surface area (Å²) in [6, 6.07) is 16.3. The molecule has 0 atom stereocenters. The van der Waals surface area contributed by atoms with E-state index in [4.69, 9.17) is 4.74 Å². The van der Waals surface area contributed by atoms with Gasteiger partial charge in [-0.2, -0.15) is 15.0 Å². The number of nitrogens with zero attached hydrogens (tertiary/aromatic N) is 3. The Bertz CT molecular complexity index is 950. The second kappa shape index (κ2) is 8.04. The van der Waals surface area contributed by atoms with E-state index in [0.29, 0.717) is 24.0 Å². The third-order valence-corrected chi connectivity index (χ3v) is 4.75. The smallest absolute Gasteiger partial charge is 0.322 e. The number of ether oxygens (including phenoxy) is 1. The predicted molar refractivity (Wildman–Crippen MR) is 107 cm³/mol. The fraction of sp³-hybridized carbons (Fsp3) is 0.238. The molecule has 0 radical (unpaired) electrons. The third kappa shape index (κ3) is 4.09. The molecule has 2 aromatic carbocycles. The lowest BCUT2D eigenvalue weighted by Crippen LogP contribution is -2.22. The first kappa shape index (κ1) is 17.9. The van der Waals surface area contributed by atoms with Crippen molar-refractivity contribution in [2.45, 2.75) is 25.4 Å². The lowest BCUT2D eigenvalue weighted by atomic mass is 10.1. The monoisotopic (exact) mass is 375 g/mol. The highest BCUT2D eigenvalue weighted by Crippen LogP contribution is 2.24. The molecule has 28 heavy (non-hydrogen) atoms. The molecule has 1 aliphatic rings. The summed E-state index contributed by atoms with van der Waals surface area (Å²) in [5, 5.41) is 6.58. The number of carbonyl (C=O) groups is 1. The van der Waals surface area contributed by atoms with Gasteiger partial charge in [0, 0.05) is 18.2 Å². The van der Waals surface area contributed by atoms with E-state index in [0.717, 1.165) is 24.7 Å². The van der Waals surface area contributed by atoms with Crippen molar-refractivity contribution in [1.29, 1.82) is 0 Å². The van der Waals surface area contributed by atoms with E-state index in [9.17, 15) is 4.79 Å². The first-order valence-electron chi connectivity index (χ1n) is 9.15. The van der Waals surface area contributed by atoms with Crippen LogP contribution in [0.1, 0.15) is 27.0 Å². The SMILES string of the molecule is COc1nc(NCc2ccc(C=O)cc2)nc(NC2Cc3ccccc3C2)n1. The van der Waals surface area contributed by atoms with Crippen molar-refractivity contribution >= 4 is 18.2 Å². The zero-order valence-corrected chi connectivity index (χ0v) is 15.6. The van der Waals surface area contributed by atoms with Crippen LogP contribution in [0.3, 0.4) is 0 Å². The molecule has 0 amide bonds. The Morgan fingerprint density at radius 1 is 1.00 bits per heavy atom. The molecule has 1 aliphatic carbocycles. The van der Waals surface area contributed by atoms with E-state index in [1.54, 1.807) is 12.1 Å². The maximum atomic E-state index is 10.8. The largest absolute Gasteiger partial charge is 0.467 e. The van der Waals surface area contributed by atoms with Crippen molar-refractivity contribution in [3.8, 4) is 6.01 Å². The van der Waals surface area contributed by atoms with Crippen LogP contribution < -0.4 is 15.4 Å². The summed E-state index contributed by atoms with van der Waals surface area (Å²) >= 11 is 0. The Balaban J connectivity index is 1.44. The summed E-state index contributed by atoms with van der Waals surface area (Å²) in [5.41, 5.74) is 4.39. The molecule has 0 spiro atoms. The van der Waals surface area contributed by atoms with Crippen LogP contribution in [0.4, 0.5) is 11.9 Å². The van der Waals surface area contributed by atoms with Crippen molar-refractivity contribution in [3.05, 3.63) is 70.8 Å². The number of hydrogen-bond donors (Lipinski definition) is 2. The number of anilines is 2. The summed E-state index contributed by atoms with van der Waals surface area (Å²) in [7, 11) is 1.53. The lowest BCUT2D eigenvalue weighted by Gasteiger charge is -2.13. The van der Waals surface area contributed by atoms with Crippen LogP contribution in [0, 0.1) is 0 Å².